The lowest BCUT2D eigenvalue weighted by Crippen LogP contribution is -2.14. The first-order chi connectivity index (χ1) is 27.1. The molecule has 0 N–H and O–H groups in total. The molecule has 0 fully saturated rings. The molecular weight excluding hydrogens is 665 g/mol. The van der Waals surface area contributed by atoms with Gasteiger partial charge in [0.05, 0.1) is 11.3 Å². The van der Waals surface area contributed by atoms with Gasteiger partial charge in [-0.15, -0.1) is 0 Å². The van der Waals surface area contributed by atoms with E-state index in [1.807, 2.05) is 12.1 Å². The average Bonchev–Trinajstić information content (AvgIpc) is 3.56. The second kappa shape index (κ2) is 13.0. The van der Waals surface area contributed by atoms with Gasteiger partial charge in [-0.1, -0.05) is 158 Å². The van der Waals surface area contributed by atoms with Crippen molar-refractivity contribution in [2.75, 3.05) is 4.90 Å². The fourth-order valence-corrected chi connectivity index (χ4v) is 8.92. The summed E-state index contributed by atoms with van der Waals surface area (Å²) in [4.78, 5) is 2.26. The molecule has 10 rings (SSSR count). The van der Waals surface area contributed by atoms with Crippen LogP contribution in [0.15, 0.2) is 182 Å². The van der Waals surface area contributed by atoms with Gasteiger partial charge in [-0.3, -0.25) is 0 Å². The van der Waals surface area contributed by atoms with E-state index < -0.39 is 0 Å². The van der Waals surface area contributed by atoms with Gasteiger partial charge in [-0.05, 0) is 126 Å². The molecule has 258 valence electrons. The molecule has 0 atom stereocenters. The fourth-order valence-electron chi connectivity index (χ4n) is 8.92. The van der Waals surface area contributed by atoms with E-state index in [9.17, 15) is 5.26 Å². The van der Waals surface area contributed by atoms with Crippen molar-refractivity contribution in [3.8, 4) is 61.7 Å². The molecule has 1 aliphatic carbocycles. The maximum atomic E-state index is 10.3. The van der Waals surface area contributed by atoms with Crippen LogP contribution in [0.1, 0.15) is 16.7 Å². The average molecular weight is 701 g/mol. The smallest absolute Gasteiger partial charge is 0.101 e. The molecule has 1 aliphatic rings. The Kier molecular flexibility index (Phi) is 7.68. The van der Waals surface area contributed by atoms with E-state index in [1.165, 1.54) is 71.6 Å². The van der Waals surface area contributed by atoms with Crippen LogP contribution in [0.25, 0.3) is 77.2 Å². The molecule has 2 nitrogen and oxygen atoms in total. The van der Waals surface area contributed by atoms with Crippen molar-refractivity contribution in [1.82, 2.24) is 0 Å². The van der Waals surface area contributed by atoms with Crippen LogP contribution in [-0.2, 0) is 0 Å². The summed E-state index contributed by atoms with van der Waals surface area (Å²) in [6, 6.07) is 67.8. The number of aryl methyl sites for hydroxylation is 2. The zero-order valence-electron chi connectivity index (χ0n) is 30.7. The molecule has 2 heteroatoms. The highest BCUT2D eigenvalue weighted by molar-refractivity contribution is 6.28. The highest BCUT2D eigenvalue weighted by atomic mass is 15.1. The summed E-state index contributed by atoms with van der Waals surface area (Å²) in [6.45, 7) is 4.22. The lowest BCUT2D eigenvalue weighted by Gasteiger charge is -2.29. The maximum absolute atomic E-state index is 10.3. The maximum Gasteiger partial charge on any atom is 0.101 e. The first-order valence-corrected chi connectivity index (χ1v) is 18.8. The number of rotatable bonds is 6. The summed E-state index contributed by atoms with van der Waals surface area (Å²) in [7, 11) is 0. The zero-order valence-corrected chi connectivity index (χ0v) is 30.7. The van der Waals surface area contributed by atoms with E-state index >= 15 is 0 Å². The van der Waals surface area contributed by atoms with Crippen molar-refractivity contribution >= 4 is 38.6 Å². The van der Waals surface area contributed by atoms with Crippen LogP contribution in [0.4, 0.5) is 17.1 Å². The summed E-state index contributed by atoms with van der Waals surface area (Å²) in [5.41, 5.74) is 18.2. The number of hydrogen-bond acceptors (Lipinski definition) is 2. The van der Waals surface area contributed by atoms with Crippen LogP contribution in [-0.4, -0.2) is 0 Å². The lowest BCUT2D eigenvalue weighted by atomic mass is 9.82. The predicted molar refractivity (Wildman–Crippen MR) is 231 cm³/mol. The van der Waals surface area contributed by atoms with E-state index in [2.05, 4.69) is 195 Å². The largest absolute Gasteiger partial charge is 0.309 e. The van der Waals surface area contributed by atoms with E-state index in [0.29, 0.717) is 5.56 Å². The summed E-state index contributed by atoms with van der Waals surface area (Å²) < 4.78 is 0. The van der Waals surface area contributed by atoms with Crippen molar-refractivity contribution in [2.24, 2.45) is 0 Å². The minimum Gasteiger partial charge on any atom is -0.309 e. The standard InChI is InChI=1S/C53H36N2/c1-34-16-9-12-29-47(34)55(53-35(2)17-13-23-39(53)33-54)40-24-14-22-38(32-40)41-30-31-46-50-42(41)27-15-28-45(50)51-48(36-18-5-3-6-19-36)43-25-10-11-26-44(43)49(52(46)51)37-20-7-4-8-21-37/h3-32H,1-2H3. The highest BCUT2D eigenvalue weighted by Gasteiger charge is 2.31. The number of nitrogens with zero attached hydrogens (tertiary/aromatic N) is 2. The molecule has 0 saturated heterocycles. The summed E-state index contributed by atoms with van der Waals surface area (Å²) >= 11 is 0. The quantitative estimate of drug-likeness (QED) is 0.173. The van der Waals surface area contributed by atoms with Gasteiger partial charge in [-0.25, -0.2) is 0 Å². The molecular formula is C53H36N2. The van der Waals surface area contributed by atoms with E-state index in [1.54, 1.807) is 0 Å². The first-order valence-electron chi connectivity index (χ1n) is 18.8. The third-order valence-corrected chi connectivity index (χ3v) is 11.3. The third-order valence-electron chi connectivity index (χ3n) is 11.3. The van der Waals surface area contributed by atoms with Crippen molar-refractivity contribution in [2.45, 2.75) is 13.8 Å². The Morgan fingerprint density at radius 1 is 0.418 bits per heavy atom. The number of nitriles is 1. The highest BCUT2D eigenvalue weighted by Crippen LogP contribution is 2.58. The van der Waals surface area contributed by atoms with E-state index in [4.69, 9.17) is 0 Å². The van der Waals surface area contributed by atoms with Gasteiger partial charge in [0.2, 0.25) is 0 Å². The molecule has 0 aromatic heterocycles. The fraction of sp³-hybridized carbons (Fsp3) is 0.0377. The molecule has 9 aromatic rings. The molecule has 0 spiro atoms. The van der Waals surface area contributed by atoms with Gasteiger partial charge in [0.1, 0.15) is 6.07 Å². The number of benzene rings is 9. The molecule has 0 radical (unpaired) electrons. The van der Waals surface area contributed by atoms with Crippen LogP contribution >= 0.6 is 0 Å². The summed E-state index contributed by atoms with van der Waals surface area (Å²) in [6.07, 6.45) is 0. The Labute approximate surface area is 321 Å². The van der Waals surface area contributed by atoms with Gasteiger partial charge in [-0.2, -0.15) is 5.26 Å². The lowest BCUT2D eigenvalue weighted by molar-refractivity contribution is 1.21. The van der Waals surface area contributed by atoms with Crippen LogP contribution < -0.4 is 4.90 Å². The van der Waals surface area contributed by atoms with Crippen LogP contribution in [0.2, 0.25) is 0 Å². The Balaban J connectivity index is 1.24. The number of anilines is 3. The van der Waals surface area contributed by atoms with Crippen molar-refractivity contribution < 1.29 is 0 Å². The minimum atomic E-state index is 0.646. The second-order valence-electron chi connectivity index (χ2n) is 14.4. The van der Waals surface area contributed by atoms with Gasteiger partial charge in [0.25, 0.3) is 0 Å². The van der Waals surface area contributed by atoms with E-state index in [0.717, 1.165) is 33.8 Å². The minimum absolute atomic E-state index is 0.646. The molecule has 9 aromatic carbocycles. The first kappa shape index (κ1) is 32.4. The van der Waals surface area contributed by atoms with Gasteiger partial charge >= 0.3 is 0 Å². The van der Waals surface area contributed by atoms with Crippen LogP contribution in [0.3, 0.4) is 0 Å². The molecule has 0 heterocycles. The Morgan fingerprint density at radius 2 is 0.945 bits per heavy atom. The molecule has 0 amide bonds. The van der Waals surface area contributed by atoms with Crippen molar-refractivity contribution in [3.63, 3.8) is 0 Å². The monoisotopic (exact) mass is 700 g/mol. The number of hydrogen-bond donors (Lipinski definition) is 0. The zero-order chi connectivity index (χ0) is 37.0. The Morgan fingerprint density at radius 3 is 1.62 bits per heavy atom. The second-order valence-corrected chi connectivity index (χ2v) is 14.4. The summed E-state index contributed by atoms with van der Waals surface area (Å²) in [5, 5.41) is 15.3. The van der Waals surface area contributed by atoms with Gasteiger partial charge in [0, 0.05) is 11.4 Å². The van der Waals surface area contributed by atoms with Crippen molar-refractivity contribution in [3.05, 3.63) is 199 Å². The van der Waals surface area contributed by atoms with E-state index in [-0.39, 0.29) is 0 Å². The van der Waals surface area contributed by atoms with Gasteiger partial charge < -0.3 is 4.90 Å². The normalized spacial score (nSPS) is 11.4. The Hall–Kier alpha value is -7.21. The van der Waals surface area contributed by atoms with Crippen molar-refractivity contribution in [1.29, 1.82) is 5.26 Å². The molecule has 0 bridgehead atoms. The molecule has 55 heavy (non-hydrogen) atoms. The van der Waals surface area contributed by atoms with Gasteiger partial charge in [0.15, 0.2) is 0 Å². The SMILES string of the molecule is Cc1ccccc1N(c1cccc(-c2ccc3c4c(cccc24)-c2c-3c(-c3ccccc3)c3ccccc3c2-c2ccccc2)c1)c1c(C)cccc1C#N. The number of fused-ring (bicyclic) bond motifs is 4. The van der Waals surface area contributed by atoms with Crippen LogP contribution in [0.5, 0.6) is 0 Å². The Bertz CT molecular complexity index is 2910. The molecule has 0 saturated carbocycles. The van der Waals surface area contributed by atoms with Crippen LogP contribution in [0, 0.1) is 25.2 Å². The topological polar surface area (TPSA) is 27.0 Å². The molecule has 0 aliphatic heterocycles. The number of para-hydroxylation sites is 2. The molecule has 0 unspecified atom stereocenters. The third kappa shape index (κ3) is 5.09. The predicted octanol–water partition coefficient (Wildman–Crippen LogP) is 14.6. The summed E-state index contributed by atoms with van der Waals surface area (Å²) in [5.74, 6) is 0.